The summed E-state index contributed by atoms with van der Waals surface area (Å²) in [7, 11) is 2.24. The summed E-state index contributed by atoms with van der Waals surface area (Å²) in [6.45, 7) is 5.53. The van der Waals surface area contributed by atoms with E-state index in [1.165, 1.54) is 51.5 Å². The summed E-state index contributed by atoms with van der Waals surface area (Å²) in [4.78, 5) is 17.3. The number of hydrogen-bond donors (Lipinski definition) is 0. The number of rotatable bonds is 2. The van der Waals surface area contributed by atoms with Gasteiger partial charge in [-0.1, -0.05) is 26.2 Å². The van der Waals surface area contributed by atoms with E-state index >= 15 is 0 Å². The van der Waals surface area contributed by atoms with Crippen LogP contribution in [0.2, 0.25) is 0 Å². The fourth-order valence-electron chi connectivity index (χ4n) is 4.71. The third kappa shape index (κ3) is 2.61. The van der Waals surface area contributed by atoms with E-state index in [1.807, 2.05) is 0 Å². The van der Waals surface area contributed by atoms with Crippen LogP contribution in [0.15, 0.2) is 0 Å². The minimum atomic E-state index is 0.327. The standard InChI is InChI=1S/C17H30N2O/c1-14-6-3-4-7-15(14)12-16(20)19-11-9-17(13-19)8-5-10-18(17)2/h14-15H,3-13H2,1-2H3. The SMILES string of the molecule is CC1CCCCC1CC(=O)N1CCC2(CCCN2C)C1. The molecule has 114 valence electrons. The average molecular weight is 278 g/mol. The Morgan fingerprint density at radius 1 is 1.15 bits per heavy atom. The second kappa shape index (κ2) is 5.67. The van der Waals surface area contributed by atoms with Crippen LogP contribution in [-0.4, -0.2) is 47.9 Å². The molecule has 2 aliphatic heterocycles. The fourth-order valence-corrected chi connectivity index (χ4v) is 4.71. The summed E-state index contributed by atoms with van der Waals surface area (Å²) < 4.78 is 0. The van der Waals surface area contributed by atoms with Crippen LogP contribution < -0.4 is 0 Å². The van der Waals surface area contributed by atoms with E-state index < -0.39 is 0 Å². The quantitative estimate of drug-likeness (QED) is 0.775. The minimum Gasteiger partial charge on any atom is -0.341 e. The maximum absolute atomic E-state index is 12.6. The molecule has 1 amide bonds. The molecule has 1 aliphatic carbocycles. The highest BCUT2D eigenvalue weighted by atomic mass is 16.2. The second-order valence-electron chi connectivity index (χ2n) is 7.54. The zero-order chi connectivity index (χ0) is 14.2. The molecule has 3 heteroatoms. The van der Waals surface area contributed by atoms with Crippen LogP contribution in [0.3, 0.4) is 0 Å². The maximum atomic E-state index is 12.6. The molecule has 2 saturated heterocycles. The molecule has 3 atom stereocenters. The Morgan fingerprint density at radius 2 is 1.95 bits per heavy atom. The molecule has 0 aromatic rings. The first kappa shape index (κ1) is 14.4. The predicted molar refractivity (Wildman–Crippen MR) is 81.5 cm³/mol. The molecule has 3 rings (SSSR count). The van der Waals surface area contributed by atoms with Crippen LogP contribution in [0.1, 0.15) is 58.3 Å². The largest absolute Gasteiger partial charge is 0.341 e. The Balaban J connectivity index is 1.56. The molecular weight excluding hydrogens is 248 g/mol. The van der Waals surface area contributed by atoms with Gasteiger partial charge in [0.25, 0.3) is 0 Å². The van der Waals surface area contributed by atoms with Crippen LogP contribution in [0.25, 0.3) is 0 Å². The van der Waals surface area contributed by atoms with E-state index in [1.54, 1.807) is 0 Å². The number of likely N-dealkylation sites (N-methyl/N-ethyl adjacent to an activating group) is 1. The van der Waals surface area contributed by atoms with Crippen molar-refractivity contribution in [1.82, 2.24) is 9.80 Å². The van der Waals surface area contributed by atoms with E-state index in [2.05, 4.69) is 23.8 Å². The van der Waals surface area contributed by atoms with E-state index in [4.69, 9.17) is 0 Å². The van der Waals surface area contributed by atoms with E-state index in [9.17, 15) is 4.79 Å². The lowest BCUT2D eigenvalue weighted by atomic mass is 9.78. The van der Waals surface area contributed by atoms with Gasteiger partial charge in [-0.15, -0.1) is 0 Å². The van der Waals surface area contributed by atoms with Gasteiger partial charge < -0.3 is 4.90 Å². The van der Waals surface area contributed by atoms with Crippen molar-refractivity contribution >= 4 is 5.91 Å². The topological polar surface area (TPSA) is 23.6 Å². The summed E-state index contributed by atoms with van der Waals surface area (Å²) in [5.41, 5.74) is 0.327. The van der Waals surface area contributed by atoms with Crippen LogP contribution >= 0.6 is 0 Å². The molecular formula is C17H30N2O. The van der Waals surface area contributed by atoms with Gasteiger partial charge in [0.1, 0.15) is 0 Å². The zero-order valence-electron chi connectivity index (χ0n) is 13.2. The van der Waals surface area contributed by atoms with Crippen LogP contribution in [-0.2, 0) is 4.79 Å². The Labute approximate surface area is 123 Å². The molecule has 3 unspecified atom stereocenters. The number of nitrogens with zero attached hydrogens (tertiary/aromatic N) is 2. The van der Waals surface area contributed by atoms with Crippen molar-refractivity contribution in [3.05, 3.63) is 0 Å². The first-order valence-electron chi connectivity index (χ1n) is 8.60. The molecule has 1 saturated carbocycles. The van der Waals surface area contributed by atoms with Crippen molar-refractivity contribution in [2.75, 3.05) is 26.7 Å². The molecule has 3 fully saturated rings. The van der Waals surface area contributed by atoms with Gasteiger partial charge >= 0.3 is 0 Å². The maximum Gasteiger partial charge on any atom is 0.222 e. The van der Waals surface area contributed by atoms with E-state index in [-0.39, 0.29) is 0 Å². The third-order valence-electron chi connectivity index (χ3n) is 6.36. The van der Waals surface area contributed by atoms with Crippen LogP contribution in [0, 0.1) is 11.8 Å². The molecule has 0 N–H and O–H groups in total. The zero-order valence-corrected chi connectivity index (χ0v) is 13.2. The number of amides is 1. The number of likely N-dealkylation sites (tertiary alicyclic amines) is 2. The first-order valence-corrected chi connectivity index (χ1v) is 8.60. The van der Waals surface area contributed by atoms with Gasteiger partial charge in [0.2, 0.25) is 5.91 Å². The van der Waals surface area contributed by atoms with Gasteiger partial charge in [-0.3, -0.25) is 9.69 Å². The number of carbonyl (C=O) groups is 1. The summed E-state index contributed by atoms with van der Waals surface area (Å²) in [5.74, 6) is 1.83. The lowest BCUT2D eigenvalue weighted by Gasteiger charge is -2.33. The molecule has 3 aliphatic rings. The van der Waals surface area contributed by atoms with E-state index in [0.29, 0.717) is 17.4 Å². The summed E-state index contributed by atoms with van der Waals surface area (Å²) in [6.07, 6.45) is 9.87. The Kier molecular flexibility index (Phi) is 4.07. The summed E-state index contributed by atoms with van der Waals surface area (Å²) in [6, 6.07) is 0. The van der Waals surface area contributed by atoms with Crippen LogP contribution in [0.5, 0.6) is 0 Å². The van der Waals surface area contributed by atoms with E-state index in [0.717, 1.165) is 25.4 Å². The van der Waals surface area contributed by atoms with Gasteiger partial charge in [0.15, 0.2) is 0 Å². The lowest BCUT2D eigenvalue weighted by molar-refractivity contribution is -0.132. The van der Waals surface area contributed by atoms with Crippen molar-refractivity contribution in [2.45, 2.75) is 63.8 Å². The van der Waals surface area contributed by atoms with Gasteiger partial charge in [0.05, 0.1) is 0 Å². The molecule has 0 bridgehead atoms. The smallest absolute Gasteiger partial charge is 0.222 e. The Morgan fingerprint density at radius 3 is 2.65 bits per heavy atom. The van der Waals surface area contributed by atoms with Gasteiger partial charge in [-0.2, -0.15) is 0 Å². The highest BCUT2D eigenvalue weighted by Crippen LogP contribution is 2.38. The molecule has 20 heavy (non-hydrogen) atoms. The minimum absolute atomic E-state index is 0.327. The Bertz CT molecular complexity index is 370. The second-order valence-corrected chi connectivity index (χ2v) is 7.54. The molecule has 0 aromatic carbocycles. The first-order chi connectivity index (χ1) is 9.61. The van der Waals surface area contributed by atoms with Gasteiger partial charge in [0, 0.05) is 25.0 Å². The summed E-state index contributed by atoms with van der Waals surface area (Å²) >= 11 is 0. The third-order valence-corrected chi connectivity index (χ3v) is 6.36. The van der Waals surface area contributed by atoms with Crippen molar-refractivity contribution in [3.8, 4) is 0 Å². The van der Waals surface area contributed by atoms with Crippen molar-refractivity contribution in [2.24, 2.45) is 11.8 Å². The fraction of sp³-hybridized carbons (Fsp3) is 0.941. The predicted octanol–water partition coefficient (Wildman–Crippen LogP) is 2.90. The Hall–Kier alpha value is -0.570. The summed E-state index contributed by atoms with van der Waals surface area (Å²) in [5, 5.41) is 0. The van der Waals surface area contributed by atoms with Gasteiger partial charge in [-0.05, 0) is 51.1 Å². The van der Waals surface area contributed by atoms with Crippen molar-refractivity contribution < 1.29 is 4.79 Å². The molecule has 2 heterocycles. The molecule has 1 spiro atoms. The monoisotopic (exact) mass is 278 g/mol. The highest BCUT2D eigenvalue weighted by Gasteiger charge is 2.45. The average Bonchev–Trinajstić information content (AvgIpc) is 3.01. The normalized spacial score (nSPS) is 38.8. The molecule has 0 radical (unpaired) electrons. The van der Waals surface area contributed by atoms with Crippen molar-refractivity contribution in [1.29, 1.82) is 0 Å². The molecule has 3 nitrogen and oxygen atoms in total. The number of hydrogen-bond acceptors (Lipinski definition) is 2. The highest BCUT2D eigenvalue weighted by molar-refractivity contribution is 5.77. The number of carbonyl (C=O) groups excluding carboxylic acids is 1. The van der Waals surface area contributed by atoms with Crippen molar-refractivity contribution in [3.63, 3.8) is 0 Å². The van der Waals surface area contributed by atoms with Gasteiger partial charge in [-0.25, -0.2) is 0 Å². The van der Waals surface area contributed by atoms with Crippen LogP contribution in [0.4, 0.5) is 0 Å². The molecule has 0 aromatic heterocycles. The lowest BCUT2D eigenvalue weighted by Crippen LogP contribution is -2.44.